The van der Waals surface area contributed by atoms with Crippen LogP contribution in [-0.4, -0.2) is 53.5 Å². The van der Waals surface area contributed by atoms with Crippen molar-refractivity contribution in [2.24, 2.45) is 0 Å². The number of nitrogens with zero attached hydrogens (tertiary/aromatic N) is 5. The minimum Gasteiger partial charge on any atom is -0.394 e. The lowest BCUT2D eigenvalue weighted by atomic mass is 10.2. The van der Waals surface area contributed by atoms with E-state index in [9.17, 15) is 10.2 Å². The Balaban J connectivity index is 1.83. The molecule has 3 atom stereocenters. The van der Waals surface area contributed by atoms with Gasteiger partial charge in [-0.05, 0) is 23.8 Å². The van der Waals surface area contributed by atoms with Crippen LogP contribution in [-0.2, 0) is 4.74 Å². The fourth-order valence-electron chi connectivity index (χ4n) is 3.11. The van der Waals surface area contributed by atoms with Crippen LogP contribution in [0.15, 0.2) is 24.5 Å². The number of nitrogen functional groups attached to an aromatic ring is 2. The first-order valence-electron chi connectivity index (χ1n) is 8.40. The Kier molecular flexibility index (Phi) is 4.44. The number of aliphatic hydroxyl groups excluding tert-OH is 2. The molecule has 10 nitrogen and oxygen atoms in total. The van der Waals surface area contributed by atoms with Crippen LogP contribution in [0.4, 0.5) is 11.8 Å². The molecule has 140 valence electrons. The van der Waals surface area contributed by atoms with Crippen molar-refractivity contribution >= 4 is 35.1 Å². The Morgan fingerprint density at radius 1 is 1.26 bits per heavy atom. The topological polar surface area (TPSA) is 158 Å². The quantitative estimate of drug-likeness (QED) is 0.504. The average molecular weight is 369 g/mol. The molecule has 10 heteroatoms. The van der Waals surface area contributed by atoms with Crippen LogP contribution in [0.2, 0.25) is 0 Å². The van der Waals surface area contributed by atoms with Crippen molar-refractivity contribution in [3.63, 3.8) is 0 Å². The third-order valence-electron chi connectivity index (χ3n) is 4.39. The zero-order valence-corrected chi connectivity index (χ0v) is 14.3. The van der Waals surface area contributed by atoms with Gasteiger partial charge in [0, 0.05) is 18.8 Å². The lowest BCUT2D eigenvalue weighted by Crippen LogP contribution is -2.24. The number of anilines is 2. The second-order valence-corrected chi connectivity index (χ2v) is 6.21. The summed E-state index contributed by atoms with van der Waals surface area (Å²) in [5.41, 5.74) is 13.4. The van der Waals surface area contributed by atoms with Crippen LogP contribution in [0, 0.1) is 0 Å². The standard InChI is InChI=1S/C17H19N7O3/c18-15-14-16(23-17(19)22-15)24(13-6-10(26)11(8-25)27-13)12(21-14)4-3-9-2-1-5-20-7-9/h1-5,7,10-11,13,25-26H,6,8H2,(H4,18,19,22,23)/t10-,11+,13+/m0/s1. The molecule has 3 aromatic heterocycles. The fourth-order valence-corrected chi connectivity index (χ4v) is 3.11. The number of aromatic nitrogens is 5. The number of aliphatic hydroxyl groups is 2. The highest BCUT2D eigenvalue weighted by molar-refractivity contribution is 5.85. The fraction of sp³-hybridized carbons (Fsp3) is 0.294. The van der Waals surface area contributed by atoms with Gasteiger partial charge in [0.2, 0.25) is 5.95 Å². The van der Waals surface area contributed by atoms with Crippen molar-refractivity contribution in [1.29, 1.82) is 0 Å². The summed E-state index contributed by atoms with van der Waals surface area (Å²) in [5, 5.41) is 19.5. The van der Waals surface area contributed by atoms with Gasteiger partial charge in [0.25, 0.3) is 0 Å². The Bertz CT molecular complexity index is 989. The SMILES string of the molecule is Nc1nc(N)c2nc(C=Cc3cccnc3)n([C@H]3C[C@H](O)[C@@H](CO)O3)c2n1. The van der Waals surface area contributed by atoms with Gasteiger partial charge in [-0.3, -0.25) is 9.55 Å². The molecule has 0 spiro atoms. The van der Waals surface area contributed by atoms with Gasteiger partial charge in [0.05, 0.1) is 12.7 Å². The van der Waals surface area contributed by atoms with Gasteiger partial charge >= 0.3 is 0 Å². The maximum atomic E-state index is 10.1. The van der Waals surface area contributed by atoms with Crippen LogP contribution in [0.25, 0.3) is 23.3 Å². The van der Waals surface area contributed by atoms with Crippen LogP contribution in [0.3, 0.4) is 0 Å². The number of imidazole rings is 1. The van der Waals surface area contributed by atoms with Gasteiger partial charge in [-0.25, -0.2) is 4.98 Å². The maximum absolute atomic E-state index is 10.1. The molecule has 0 aliphatic carbocycles. The predicted octanol–water partition coefficient (Wildman–Crippen LogP) is 0.197. The first-order chi connectivity index (χ1) is 13.1. The van der Waals surface area contributed by atoms with E-state index in [2.05, 4.69) is 19.9 Å². The van der Waals surface area contributed by atoms with Crippen LogP contribution in [0.5, 0.6) is 0 Å². The van der Waals surface area contributed by atoms with Crippen molar-refractivity contribution in [3.05, 3.63) is 35.9 Å². The van der Waals surface area contributed by atoms with Crippen molar-refractivity contribution in [3.8, 4) is 0 Å². The summed E-state index contributed by atoms with van der Waals surface area (Å²) in [6, 6.07) is 3.73. The number of hydrogen-bond acceptors (Lipinski definition) is 9. The lowest BCUT2D eigenvalue weighted by Gasteiger charge is -2.15. The molecule has 0 amide bonds. The van der Waals surface area contributed by atoms with E-state index in [4.69, 9.17) is 16.2 Å². The molecule has 0 unspecified atom stereocenters. The van der Waals surface area contributed by atoms with Crippen LogP contribution >= 0.6 is 0 Å². The second-order valence-electron chi connectivity index (χ2n) is 6.21. The normalized spacial score (nSPS) is 22.8. The van der Waals surface area contributed by atoms with E-state index in [-0.39, 0.29) is 24.8 Å². The summed E-state index contributed by atoms with van der Waals surface area (Å²) in [7, 11) is 0. The molecule has 0 bridgehead atoms. The molecule has 0 aromatic carbocycles. The smallest absolute Gasteiger partial charge is 0.224 e. The van der Waals surface area contributed by atoms with Crippen molar-refractivity contribution in [2.45, 2.75) is 24.9 Å². The van der Waals surface area contributed by atoms with Crippen molar-refractivity contribution < 1.29 is 14.9 Å². The molecule has 3 aromatic rings. The maximum Gasteiger partial charge on any atom is 0.224 e. The van der Waals surface area contributed by atoms with Gasteiger partial charge in [-0.1, -0.05) is 6.07 Å². The summed E-state index contributed by atoms with van der Waals surface area (Å²) < 4.78 is 7.49. The Morgan fingerprint density at radius 3 is 2.81 bits per heavy atom. The first-order valence-corrected chi connectivity index (χ1v) is 8.40. The van der Waals surface area contributed by atoms with Gasteiger partial charge in [0.1, 0.15) is 18.2 Å². The van der Waals surface area contributed by atoms with Crippen LogP contribution < -0.4 is 11.5 Å². The number of hydrogen-bond donors (Lipinski definition) is 4. The summed E-state index contributed by atoms with van der Waals surface area (Å²) >= 11 is 0. The Labute approximate surface area is 154 Å². The Hall–Kier alpha value is -3.08. The molecular formula is C17H19N7O3. The zero-order chi connectivity index (χ0) is 19.0. The average Bonchev–Trinajstić information content (AvgIpc) is 3.20. The molecule has 4 heterocycles. The lowest BCUT2D eigenvalue weighted by molar-refractivity contribution is -0.0433. The molecule has 1 aliphatic heterocycles. The number of ether oxygens (including phenoxy) is 1. The second kappa shape index (κ2) is 6.91. The van der Waals surface area contributed by atoms with Crippen LogP contribution in [0.1, 0.15) is 24.0 Å². The predicted molar refractivity (Wildman–Crippen MR) is 98.9 cm³/mol. The first kappa shape index (κ1) is 17.3. The molecular weight excluding hydrogens is 350 g/mol. The molecule has 4 rings (SSSR count). The van der Waals surface area contributed by atoms with Crippen molar-refractivity contribution in [2.75, 3.05) is 18.1 Å². The highest BCUT2D eigenvalue weighted by Crippen LogP contribution is 2.33. The zero-order valence-electron chi connectivity index (χ0n) is 14.3. The van der Waals surface area contributed by atoms with Gasteiger partial charge in [-0.15, -0.1) is 0 Å². The molecule has 1 saturated heterocycles. The highest BCUT2D eigenvalue weighted by atomic mass is 16.5. The van der Waals surface area contributed by atoms with E-state index >= 15 is 0 Å². The summed E-state index contributed by atoms with van der Waals surface area (Å²) in [6.45, 7) is -0.287. The number of rotatable bonds is 4. The summed E-state index contributed by atoms with van der Waals surface area (Å²) in [4.78, 5) is 16.8. The van der Waals surface area contributed by atoms with E-state index in [0.29, 0.717) is 17.0 Å². The third kappa shape index (κ3) is 3.21. The largest absolute Gasteiger partial charge is 0.394 e. The molecule has 6 N–H and O–H groups in total. The molecule has 0 saturated carbocycles. The van der Waals surface area contributed by atoms with E-state index in [1.807, 2.05) is 18.2 Å². The van der Waals surface area contributed by atoms with E-state index in [0.717, 1.165) is 5.56 Å². The third-order valence-corrected chi connectivity index (χ3v) is 4.39. The molecule has 0 radical (unpaired) electrons. The van der Waals surface area contributed by atoms with E-state index < -0.39 is 18.4 Å². The van der Waals surface area contributed by atoms with Gasteiger partial charge in [-0.2, -0.15) is 9.97 Å². The summed E-state index contributed by atoms with van der Waals surface area (Å²) in [6.07, 6.45) is 5.23. The number of nitrogens with two attached hydrogens (primary N) is 2. The van der Waals surface area contributed by atoms with E-state index in [1.165, 1.54) is 0 Å². The Morgan fingerprint density at radius 2 is 2.11 bits per heavy atom. The minimum atomic E-state index is -0.802. The number of pyridine rings is 1. The van der Waals surface area contributed by atoms with Gasteiger partial charge < -0.3 is 26.4 Å². The molecule has 1 fully saturated rings. The molecule has 27 heavy (non-hydrogen) atoms. The summed E-state index contributed by atoms with van der Waals surface area (Å²) in [5.74, 6) is 0.682. The molecule has 1 aliphatic rings. The minimum absolute atomic E-state index is 0.0150. The number of fused-ring (bicyclic) bond motifs is 1. The van der Waals surface area contributed by atoms with Crippen molar-refractivity contribution in [1.82, 2.24) is 24.5 Å². The van der Waals surface area contributed by atoms with E-state index in [1.54, 1.807) is 23.0 Å². The van der Waals surface area contributed by atoms with Gasteiger partial charge in [0.15, 0.2) is 17.0 Å². The highest BCUT2D eigenvalue weighted by Gasteiger charge is 2.36. The monoisotopic (exact) mass is 369 g/mol.